The molecule has 1 heterocycles. The molecule has 0 amide bonds. The van der Waals surface area contributed by atoms with Crippen LogP contribution in [0.1, 0.15) is 26.2 Å². The molecule has 0 radical (unpaired) electrons. The molecule has 20 heavy (non-hydrogen) atoms. The number of morpholine rings is 1. The van der Waals surface area contributed by atoms with Crippen molar-refractivity contribution in [3.8, 4) is 0 Å². The molecule has 1 fully saturated rings. The van der Waals surface area contributed by atoms with Crippen LogP contribution in [0.2, 0.25) is 0 Å². The van der Waals surface area contributed by atoms with Gasteiger partial charge in [0.25, 0.3) is 0 Å². The van der Waals surface area contributed by atoms with Crippen LogP contribution in [0.25, 0.3) is 0 Å². The number of carbonyl (C=O) groups is 2. The second kappa shape index (κ2) is 9.50. The minimum Gasteiger partial charge on any atom is -0.478 e. The summed E-state index contributed by atoms with van der Waals surface area (Å²) in [4.78, 5) is 24.8. The maximum atomic E-state index is 11.8. The second-order valence-corrected chi connectivity index (χ2v) is 4.70. The topological polar surface area (TPSA) is 76.1 Å². The number of nitrogens with zero attached hydrogens (tertiary/aromatic N) is 1. The molecule has 0 saturated carbocycles. The number of ether oxygens (including phenoxy) is 2. The van der Waals surface area contributed by atoms with Gasteiger partial charge in [-0.3, -0.25) is 4.90 Å². The summed E-state index contributed by atoms with van der Waals surface area (Å²) >= 11 is 0. The first-order valence-corrected chi connectivity index (χ1v) is 7.04. The van der Waals surface area contributed by atoms with Gasteiger partial charge in [-0.15, -0.1) is 0 Å². The van der Waals surface area contributed by atoms with Crippen LogP contribution in [-0.2, 0) is 19.1 Å². The smallest absolute Gasteiger partial charge is 0.334 e. The summed E-state index contributed by atoms with van der Waals surface area (Å²) in [6, 6.07) is 0. The van der Waals surface area contributed by atoms with Gasteiger partial charge in [0.2, 0.25) is 0 Å². The first-order chi connectivity index (χ1) is 9.63. The van der Waals surface area contributed by atoms with E-state index in [0.29, 0.717) is 32.8 Å². The molecule has 0 atom stereocenters. The van der Waals surface area contributed by atoms with E-state index in [2.05, 4.69) is 4.90 Å². The Labute approximate surface area is 119 Å². The van der Waals surface area contributed by atoms with E-state index in [9.17, 15) is 9.59 Å². The summed E-state index contributed by atoms with van der Waals surface area (Å²) in [5.41, 5.74) is 0.222. The molecular weight excluding hydrogens is 262 g/mol. The summed E-state index contributed by atoms with van der Waals surface area (Å²) in [5, 5.41) is 8.82. The zero-order valence-corrected chi connectivity index (χ0v) is 12.0. The minimum atomic E-state index is -1.12. The van der Waals surface area contributed by atoms with Gasteiger partial charge in [0.15, 0.2) is 0 Å². The second-order valence-electron chi connectivity index (χ2n) is 4.70. The lowest BCUT2D eigenvalue weighted by Crippen LogP contribution is -2.37. The summed E-state index contributed by atoms with van der Waals surface area (Å²) in [6.07, 6.45) is 3.06. The lowest BCUT2D eigenvalue weighted by molar-refractivity contribution is -0.140. The molecule has 1 aliphatic rings. The van der Waals surface area contributed by atoms with Crippen molar-refractivity contribution in [3.05, 3.63) is 11.6 Å². The molecule has 0 aromatic rings. The first kappa shape index (κ1) is 16.7. The number of rotatable bonds is 8. The van der Waals surface area contributed by atoms with Crippen molar-refractivity contribution in [1.82, 2.24) is 4.90 Å². The summed E-state index contributed by atoms with van der Waals surface area (Å²) < 4.78 is 10.3. The van der Waals surface area contributed by atoms with Gasteiger partial charge < -0.3 is 14.6 Å². The highest BCUT2D eigenvalue weighted by molar-refractivity contribution is 5.95. The van der Waals surface area contributed by atoms with Crippen LogP contribution in [0.15, 0.2) is 11.6 Å². The molecule has 0 aromatic carbocycles. The molecule has 0 aliphatic carbocycles. The van der Waals surface area contributed by atoms with Crippen molar-refractivity contribution in [2.24, 2.45) is 0 Å². The van der Waals surface area contributed by atoms with Crippen molar-refractivity contribution < 1.29 is 24.2 Å². The molecule has 1 saturated heterocycles. The minimum absolute atomic E-state index is 0.222. The predicted molar refractivity (Wildman–Crippen MR) is 73.5 cm³/mol. The van der Waals surface area contributed by atoms with E-state index in [4.69, 9.17) is 14.6 Å². The molecule has 0 unspecified atom stereocenters. The number of carboxylic acids is 1. The number of unbranched alkanes of at least 4 members (excludes halogenated alkanes) is 1. The Morgan fingerprint density at radius 1 is 1.35 bits per heavy atom. The zero-order chi connectivity index (χ0) is 14.8. The average Bonchev–Trinajstić information content (AvgIpc) is 2.44. The number of hydrogen-bond donors (Lipinski definition) is 1. The Morgan fingerprint density at radius 2 is 2.05 bits per heavy atom. The standard InChI is InChI=1S/C14H23NO5/c1-2-3-8-20-14(18)12(11-13(16)17)4-5-15-6-9-19-10-7-15/h11H,2-10H2,1H3,(H,16,17)/b12-11+. The molecule has 114 valence electrons. The molecule has 6 heteroatoms. The molecule has 0 bridgehead atoms. The van der Waals surface area contributed by atoms with Crippen LogP contribution < -0.4 is 0 Å². The van der Waals surface area contributed by atoms with Crippen LogP contribution in [0, 0.1) is 0 Å². The molecule has 0 spiro atoms. The van der Waals surface area contributed by atoms with Crippen molar-refractivity contribution in [2.45, 2.75) is 26.2 Å². The van der Waals surface area contributed by atoms with Gasteiger partial charge in [0.1, 0.15) is 0 Å². The fourth-order valence-electron chi connectivity index (χ4n) is 1.89. The Hall–Kier alpha value is -1.40. The third kappa shape index (κ3) is 6.68. The van der Waals surface area contributed by atoms with E-state index in [1.165, 1.54) is 0 Å². The SMILES string of the molecule is CCCCOC(=O)/C(=C/C(=O)O)CCN1CCOCC1. The Kier molecular flexibility index (Phi) is 7.91. The van der Waals surface area contributed by atoms with E-state index < -0.39 is 11.9 Å². The molecule has 1 rings (SSSR count). The number of carboxylic acid groups (broad SMARTS) is 1. The fourth-order valence-corrected chi connectivity index (χ4v) is 1.89. The van der Waals surface area contributed by atoms with Gasteiger partial charge in [-0.05, 0) is 12.8 Å². The lowest BCUT2D eigenvalue weighted by atomic mass is 10.1. The van der Waals surface area contributed by atoms with Gasteiger partial charge in [0, 0.05) is 31.3 Å². The van der Waals surface area contributed by atoms with Crippen LogP contribution in [0.5, 0.6) is 0 Å². The normalized spacial score (nSPS) is 16.9. The van der Waals surface area contributed by atoms with Crippen LogP contribution in [0.4, 0.5) is 0 Å². The Bertz CT molecular complexity index is 347. The average molecular weight is 285 g/mol. The van der Waals surface area contributed by atoms with Gasteiger partial charge >= 0.3 is 11.9 Å². The van der Waals surface area contributed by atoms with E-state index in [1.807, 2.05) is 6.92 Å². The maximum Gasteiger partial charge on any atom is 0.334 e. The van der Waals surface area contributed by atoms with E-state index in [0.717, 1.165) is 32.0 Å². The first-order valence-electron chi connectivity index (χ1n) is 7.04. The van der Waals surface area contributed by atoms with Gasteiger partial charge in [-0.25, -0.2) is 9.59 Å². The molecule has 0 aromatic heterocycles. The van der Waals surface area contributed by atoms with E-state index in [1.54, 1.807) is 0 Å². The quantitative estimate of drug-likeness (QED) is 0.408. The Balaban J connectivity index is 2.46. The largest absolute Gasteiger partial charge is 0.478 e. The number of hydrogen-bond acceptors (Lipinski definition) is 5. The molecule has 6 nitrogen and oxygen atoms in total. The highest BCUT2D eigenvalue weighted by Crippen LogP contribution is 2.08. The predicted octanol–water partition coefficient (Wildman–Crippen LogP) is 1.06. The summed E-state index contributed by atoms with van der Waals surface area (Å²) in [7, 11) is 0. The van der Waals surface area contributed by atoms with Gasteiger partial charge in [0.05, 0.1) is 19.8 Å². The van der Waals surface area contributed by atoms with Crippen LogP contribution in [-0.4, -0.2) is 61.4 Å². The van der Waals surface area contributed by atoms with E-state index >= 15 is 0 Å². The van der Waals surface area contributed by atoms with Crippen molar-refractivity contribution in [2.75, 3.05) is 39.5 Å². The third-order valence-corrected chi connectivity index (χ3v) is 3.09. The summed E-state index contributed by atoms with van der Waals surface area (Å²) in [6.45, 7) is 5.96. The van der Waals surface area contributed by atoms with Crippen molar-refractivity contribution >= 4 is 11.9 Å². The maximum absolute atomic E-state index is 11.8. The van der Waals surface area contributed by atoms with E-state index in [-0.39, 0.29) is 5.57 Å². The Morgan fingerprint density at radius 3 is 2.65 bits per heavy atom. The third-order valence-electron chi connectivity index (χ3n) is 3.09. The molecule has 1 aliphatic heterocycles. The number of aliphatic carboxylic acids is 1. The monoisotopic (exact) mass is 285 g/mol. The van der Waals surface area contributed by atoms with Crippen LogP contribution >= 0.6 is 0 Å². The number of esters is 1. The van der Waals surface area contributed by atoms with Gasteiger partial charge in [-0.2, -0.15) is 0 Å². The van der Waals surface area contributed by atoms with Crippen molar-refractivity contribution in [3.63, 3.8) is 0 Å². The molecular formula is C14H23NO5. The number of carbonyl (C=O) groups excluding carboxylic acids is 1. The zero-order valence-electron chi connectivity index (χ0n) is 12.0. The summed E-state index contributed by atoms with van der Waals surface area (Å²) in [5.74, 6) is -1.64. The van der Waals surface area contributed by atoms with Crippen molar-refractivity contribution in [1.29, 1.82) is 0 Å². The fraction of sp³-hybridized carbons (Fsp3) is 0.714. The van der Waals surface area contributed by atoms with Gasteiger partial charge in [-0.1, -0.05) is 13.3 Å². The lowest BCUT2D eigenvalue weighted by Gasteiger charge is -2.26. The molecule has 1 N–H and O–H groups in total. The highest BCUT2D eigenvalue weighted by Gasteiger charge is 2.16. The van der Waals surface area contributed by atoms with Crippen LogP contribution in [0.3, 0.4) is 0 Å². The highest BCUT2D eigenvalue weighted by atomic mass is 16.5.